The van der Waals surface area contributed by atoms with Gasteiger partial charge in [-0.2, -0.15) is 5.10 Å². The van der Waals surface area contributed by atoms with Crippen molar-refractivity contribution in [3.05, 3.63) is 72.6 Å². The van der Waals surface area contributed by atoms with Gasteiger partial charge in [0.2, 0.25) is 0 Å². The molecule has 0 unspecified atom stereocenters. The number of rotatable bonds is 3. The molecule has 0 aliphatic carbocycles. The van der Waals surface area contributed by atoms with Crippen LogP contribution in [-0.4, -0.2) is 42.3 Å². The summed E-state index contributed by atoms with van der Waals surface area (Å²) in [7, 11) is 0. The fourth-order valence-corrected chi connectivity index (χ4v) is 4.56. The first kappa shape index (κ1) is 18.7. The lowest BCUT2D eigenvalue weighted by molar-refractivity contribution is -0.197. The number of hydrogen-bond donors (Lipinski definition) is 0. The summed E-state index contributed by atoms with van der Waals surface area (Å²) in [5.74, 6) is -0.703. The number of aryl methyl sites for hydroxylation is 1. The van der Waals surface area contributed by atoms with E-state index < -0.39 is 5.79 Å². The van der Waals surface area contributed by atoms with Gasteiger partial charge in [0, 0.05) is 17.8 Å². The fraction of sp³-hybridized carbons (Fsp3) is 0.348. The molecule has 0 radical (unpaired) electrons. The van der Waals surface area contributed by atoms with Crippen LogP contribution in [0.1, 0.15) is 37.6 Å². The Bertz CT molecular complexity index is 1250. The van der Waals surface area contributed by atoms with Gasteiger partial charge in [-0.05, 0) is 45.0 Å². The van der Waals surface area contributed by atoms with E-state index in [4.69, 9.17) is 19.3 Å². The molecule has 0 spiro atoms. The SMILES string of the molecule is Cc1ncnc2c1ccn2[C@@H]1O[C@@H](c2ccn(-c3ccccc3)n2)[C@H]2OC(C)(C)O[C@H]21. The molecule has 0 amide bonds. The first-order valence-corrected chi connectivity index (χ1v) is 10.4. The fourth-order valence-electron chi connectivity index (χ4n) is 4.56. The second-order valence-corrected chi connectivity index (χ2v) is 8.45. The zero-order valence-corrected chi connectivity index (χ0v) is 17.5. The van der Waals surface area contributed by atoms with Gasteiger partial charge in [0.05, 0.1) is 17.1 Å². The number of aromatic nitrogens is 5. The van der Waals surface area contributed by atoms with Crippen molar-refractivity contribution in [3.8, 4) is 5.69 Å². The van der Waals surface area contributed by atoms with Gasteiger partial charge in [-0.25, -0.2) is 14.6 Å². The van der Waals surface area contributed by atoms with E-state index in [9.17, 15) is 0 Å². The summed E-state index contributed by atoms with van der Waals surface area (Å²) in [4.78, 5) is 8.79. The topological polar surface area (TPSA) is 76.2 Å². The summed E-state index contributed by atoms with van der Waals surface area (Å²) in [5, 5.41) is 5.78. The second-order valence-electron chi connectivity index (χ2n) is 8.45. The first-order chi connectivity index (χ1) is 15.0. The molecule has 6 rings (SSSR count). The van der Waals surface area contributed by atoms with Crippen LogP contribution in [0.2, 0.25) is 0 Å². The highest BCUT2D eigenvalue weighted by Gasteiger charge is 2.57. The predicted molar refractivity (Wildman–Crippen MR) is 113 cm³/mol. The standard InChI is InChI=1S/C23H23N5O3/c1-14-16-9-11-27(21(16)25-13-24-14)22-20-19(30-23(2,3)31-20)18(29-22)17-10-12-28(26-17)15-7-5-4-6-8-15/h4-13,18-20,22H,1-3H3/t18-,19+,20+,22+/m0/s1. The molecule has 2 aliphatic rings. The van der Waals surface area contributed by atoms with Crippen molar-refractivity contribution >= 4 is 11.0 Å². The largest absolute Gasteiger partial charge is 0.343 e. The number of nitrogens with zero attached hydrogens (tertiary/aromatic N) is 5. The smallest absolute Gasteiger partial charge is 0.165 e. The summed E-state index contributed by atoms with van der Waals surface area (Å²) in [6.07, 6.45) is 4.20. The van der Waals surface area contributed by atoms with Gasteiger partial charge < -0.3 is 18.8 Å². The number of hydrogen-bond acceptors (Lipinski definition) is 6. The Morgan fingerprint density at radius 3 is 2.58 bits per heavy atom. The minimum absolute atomic E-state index is 0.278. The van der Waals surface area contributed by atoms with Crippen LogP contribution in [0, 0.1) is 6.92 Å². The van der Waals surface area contributed by atoms with Crippen LogP contribution in [0.25, 0.3) is 16.7 Å². The van der Waals surface area contributed by atoms with E-state index in [1.807, 2.05) is 84.9 Å². The third-order valence-electron chi connectivity index (χ3n) is 5.93. The van der Waals surface area contributed by atoms with Crippen molar-refractivity contribution in [3.63, 3.8) is 0 Å². The maximum absolute atomic E-state index is 6.53. The van der Waals surface area contributed by atoms with Gasteiger partial charge >= 0.3 is 0 Å². The molecule has 158 valence electrons. The molecule has 2 aliphatic heterocycles. The van der Waals surface area contributed by atoms with Crippen LogP contribution < -0.4 is 0 Å². The third-order valence-corrected chi connectivity index (χ3v) is 5.93. The van der Waals surface area contributed by atoms with Gasteiger partial charge in [-0.15, -0.1) is 0 Å². The van der Waals surface area contributed by atoms with E-state index in [0.29, 0.717) is 0 Å². The Morgan fingerprint density at radius 2 is 1.74 bits per heavy atom. The van der Waals surface area contributed by atoms with Crippen LogP contribution in [0.15, 0.2) is 61.2 Å². The van der Waals surface area contributed by atoms with E-state index in [1.54, 1.807) is 6.33 Å². The predicted octanol–water partition coefficient (Wildman–Crippen LogP) is 3.72. The van der Waals surface area contributed by atoms with E-state index in [-0.39, 0.29) is 24.5 Å². The van der Waals surface area contributed by atoms with Gasteiger partial charge in [-0.3, -0.25) is 0 Å². The maximum Gasteiger partial charge on any atom is 0.165 e. The molecule has 2 fully saturated rings. The molecule has 3 aromatic heterocycles. The van der Waals surface area contributed by atoms with E-state index in [0.717, 1.165) is 28.1 Å². The number of para-hydroxylation sites is 1. The summed E-state index contributed by atoms with van der Waals surface area (Å²) in [6.45, 7) is 5.84. The highest BCUT2D eigenvalue weighted by molar-refractivity contribution is 5.78. The van der Waals surface area contributed by atoms with Crippen molar-refractivity contribution < 1.29 is 14.2 Å². The minimum Gasteiger partial charge on any atom is -0.343 e. The number of benzene rings is 1. The molecule has 31 heavy (non-hydrogen) atoms. The van der Waals surface area contributed by atoms with Crippen molar-refractivity contribution in [1.29, 1.82) is 0 Å². The van der Waals surface area contributed by atoms with Crippen LogP contribution in [-0.2, 0) is 14.2 Å². The molecule has 5 heterocycles. The Hall–Kier alpha value is -3.07. The van der Waals surface area contributed by atoms with Crippen molar-refractivity contribution in [1.82, 2.24) is 24.3 Å². The molecule has 8 nitrogen and oxygen atoms in total. The lowest BCUT2D eigenvalue weighted by atomic mass is 10.1. The summed E-state index contributed by atoms with van der Waals surface area (Å²) < 4.78 is 23.0. The number of fused-ring (bicyclic) bond motifs is 2. The average molecular weight is 417 g/mol. The minimum atomic E-state index is -0.703. The number of ether oxygens (including phenoxy) is 3. The summed E-state index contributed by atoms with van der Waals surface area (Å²) >= 11 is 0. The zero-order valence-electron chi connectivity index (χ0n) is 17.5. The molecular formula is C23H23N5O3. The van der Waals surface area contributed by atoms with Crippen molar-refractivity contribution in [2.75, 3.05) is 0 Å². The Kier molecular flexibility index (Phi) is 4.05. The molecule has 2 saturated heterocycles. The zero-order chi connectivity index (χ0) is 21.2. The van der Waals surface area contributed by atoms with Gasteiger partial charge in [-0.1, -0.05) is 18.2 Å². The quantitative estimate of drug-likeness (QED) is 0.506. The van der Waals surface area contributed by atoms with E-state index in [1.165, 1.54) is 0 Å². The monoisotopic (exact) mass is 417 g/mol. The summed E-state index contributed by atoms with van der Waals surface area (Å²) in [5.41, 5.74) is 3.55. The Labute approximate surface area is 179 Å². The molecule has 0 bridgehead atoms. The van der Waals surface area contributed by atoms with Crippen molar-refractivity contribution in [2.24, 2.45) is 0 Å². The molecule has 0 saturated carbocycles. The molecule has 4 aromatic rings. The van der Waals surface area contributed by atoms with Crippen LogP contribution in [0.4, 0.5) is 0 Å². The normalized spacial score (nSPS) is 27.1. The lowest BCUT2D eigenvalue weighted by Crippen LogP contribution is -2.27. The van der Waals surface area contributed by atoms with E-state index >= 15 is 0 Å². The maximum atomic E-state index is 6.53. The second kappa shape index (κ2) is 6.71. The molecule has 0 N–H and O–H groups in total. The highest BCUT2D eigenvalue weighted by atomic mass is 16.8. The van der Waals surface area contributed by atoms with Gasteiger partial charge in [0.25, 0.3) is 0 Å². The van der Waals surface area contributed by atoms with Gasteiger partial charge in [0.1, 0.15) is 30.3 Å². The Balaban J connectivity index is 1.39. The van der Waals surface area contributed by atoms with Crippen molar-refractivity contribution in [2.45, 2.75) is 51.1 Å². The molecular weight excluding hydrogens is 394 g/mol. The van der Waals surface area contributed by atoms with E-state index in [2.05, 4.69) is 9.97 Å². The first-order valence-electron chi connectivity index (χ1n) is 10.4. The van der Waals surface area contributed by atoms with Crippen LogP contribution in [0.3, 0.4) is 0 Å². The van der Waals surface area contributed by atoms with Crippen LogP contribution in [0.5, 0.6) is 0 Å². The Morgan fingerprint density at radius 1 is 0.935 bits per heavy atom. The molecule has 4 atom stereocenters. The lowest BCUT2D eigenvalue weighted by Gasteiger charge is -2.24. The average Bonchev–Trinajstić information content (AvgIpc) is 3.51. The molecule has 1 aromatic carbocycles. The van der Waals surface area contributed by atoms with Crippen LogP contribution >= 0.6 is 0 Å². The highest BCUT2D eigenvalue weighted by Crippen LogP contribution is 2.49. The molecule has 8 heteroatoms. The van der Waals surface area contributed by atoms with Gasteiger partial charge in [0.15, 0.2) is 12.0 Å². The third kappa shape index (κ3) is 2.98. The summed E-state index contributed by atoms with van der Waals surface area (Å²) in [6, 6.07) is 14.0.